The molecule has 3 aromatic rings. The molecule has 1 atom stereocenters. The van der Waals surface area contributed by atoms with E-state index in [1.165, 1.54) is 6.33 Å². The molecule has 142 valence electrons. The van der Waals surface area contributed by atoms with Crippen molar-refractivity contribution in [2.75, 3.05) is 10.6 Å². The molecule has 0 fully saturated rings. The summed E-state index contributed by atoms with van der Waals surface area (Å²) in [5.41, 5.74) is 4.84. The fraction of sp³-hybridized carbons (Fsp3) is 0.190. The van der Waals surface area contributed by atoms with E-state index >= 15 is 0 Å². The lowest BCUT2D eigenvalue weighted by Gasteiger charge is -2.29. The van der Waals surface area contributed by atoms with Crippen LogP contribution in [0.1, 0.15) is 29.7 Å². The molecule has 7 nitrogen and oxygen atoms in total. The maximum Gasteiger partial charge on any atom is 0.255 e. The standard InChI is InChI=1S/C21H21N5O2/c1-12-7-8-17(13(2)9-12)25-20(28)18-14(3)24-21-22-11-23-26(21)19(18)15-5-4-6-16(27)10-15/h4-11,19,27H,1-3H3,(H,25,28)(H,22,23,24). The number of aromatic nitrogens is 3. The minimum absolute atomic E-state index is 0.129. The lowest BCUT2D eigenvalue weighted by Crippen LogP contribution is -2.31. The Morgan fingerprint density at radius 3 is 2.75 bits per heavy atom. The van der Waals surface area contributed by atoms with Gasteiger partial charge in [0.2, 0.25) is 5.95 Å². The Kier molecular flexibility index (Phi) is 4.35. The molecule has 2 aromatic carbocycles. The molecule has 1 unspecified atom stereocenters. The SMILES string of the molecule is CC1=C(C(=O)Nc2ccc(C)cc2C)C(c2cccc(O)c2)n2ncnc2N1. The normalized spacial score (nSPS) is 15.8. The van der Waals surface area contributed by atoms with Crippen molar-refractivity contribution in [3.8, 4) is 5.75 Å². The van der Waals surface area contributed by atoms with Crippen molar-refractivity contribution in [2.45, 2.75) is 26.8 Å². The summed E-state index contributed by atoms with van der Waals surface area (Å²) < 4.78 is 1.65. The van der Waals surface area contributed by atoms with Crippen LogP contribution >= 0.6 is 0 Å². The first kappa shape index (κ1) is 17.8. The fourth-order valence-corrected chi connectivity index (χ4v) is 3.53. The average molecular weight is 375 g/mol. The summed E-state index contributed by atoms with van der Waals surface area (Å²) in [5.74, 6) is 0.449. The van der Waals surface area contributed by atoms with Crippen LogP contribution in [0.5, 0.6) is 5.75 Å². The summed E-state index contributed by atoms with van der Waals surface area (Å²) in [6, 6.07) is 12.2. The lowest BCUT2D eigenvalue weighted by molar-refractivity contribution is -0.113. The number of fused-ring (bicyclic) bond motifs is 1. The molecule has 0 saturated heterocycles. The van der Waals surface area contributed by atoms with Crippen LogP contribution < -0.4 is 10.6 Å². The Labute approximate surface area is 162 Å². The highest BCUT2D eigenvalue weighted by molar-refractivity contribution is 6.06. The van der Waals surface area contributed by atoms with Gasteiger partial charge in [-0.05, 0) is 50.1 Å². The van der Waals surface area contributed by atoms with Crippen LogP contribution in [0.2, 0.25) is 0 Å². The Balaban J connectivity index is 1.77. The van der Waals surface area contributed by atoms with Gasteiger partial charge in [-0.15, -0.1) is 0 Å². The zero-order chi connectivity index (χ0) is 19.8. The van der Waals surface area contributed by atoms with Crippen molar-refractivity contribution >= 4 is 17.5 Å². The van der Waals surface area contributed by atoms with Gasteiger partial charge in [0.25, 0.3) is 5.91 Å². The van der Waals surface area contributed by atoms with E-state index in [0.29, 0.717) is 17.2 Å². The third-order valence-electron chi connectivity index (χ3n) is 4.86. The predicted octanol–water partition coefficient (Wildman–Crippen LogP) is 3.53. The smallest absolute Gasteiger partial charge is 0.255 e. The van der Waals surface area contributed by atoms with Crippen molar-refractivity contribution in [3.63, 3.8) is 0 Å². The third kappa shape index (κ3) is 3.11. The number of aromatic hydroxyl groups is 1. The van der Waals surface area contributed by atoms with Crippen molar-refractivity contribution < 1.29 is 9.90 Å². The number of rotatable bonds is 3. The molecular weight excluding hydrogens is 354 g/mol. The topological polar surface area (TPSA) is 92.1 Å². The highest BCUT2D eigenvalue weighted by Crippen LogP contribution is 2.36. The zero-order valence-corrected chi connectivity index (χ0v) is 15.9. The first-order valence-electron chi connectivity index (χ1n) is 8.99. The highest BCUT2D eigenvalue weighted by atomic mass is 16.3. The number of benzene rings is 2. The largest absolute Gasteiger partial charge is 0.508 e. The van der Waals surface area contributed by atoms with Gasteiger partial charge in [0.15, 0.2) is 0 Å². The van der Waals surface area contributed by atoms with Gasteiger partial charge >= 0.3 is 0 Å². The summed E-state index contributed by atoms with van der Waals surface area (Å²) >= 11 is 0. The van der Waals surface area contributed by atoms with Crippen LogP contribution in [0.4, 0.5) is 11.6 Å². The fourth-order valence-electron chi connectivity index (χ4n) is 3.53. The number of phenolic OH excluding ortho intramolecular Hbond substituents is 1. The molecule has 7 heteroatoms. The summed E-state index contributed by atoms with van der Waals surface area (Å²) in [7, 11) is 0. The second-order valence-corrected chi connectivity index (χ2v) is 6.96. The molecule has 0 bridgehead atoms. The van der Waals surface area contributed by atoms with Crippen LogP contribution in [0, 0.1) is 13.8 Å². The Morgan fingerprint density at radius 2 is 2.00 bits per heavy atom. The van der Waals surface area contributed by atoms with Crippen LogP contribution in [0.15, 0.2) is 60.1 Å². The van der Waals surface area contributed by atoms with Crippen molar-refractivity contribution in [1.82, 2.24) is 14.8 Å². The van der Waals surface area contributed by atoms with Gasteiger partial charge < -0.3 is 15.7 Å². The number of nitrogens with zero attached hydrogens (tertiary/aromatic N) is 3. The maximum absolute atomic E-state index is 13.3. The van der Waals surface area contributed by atoms with E-state index in [1.54, 1.807) is 22.9 Å². The molecule has 3 N–H and O–H groups in total. The number of carbonyl (C=O) groups is 1. The number of phenols is 1. The Hall–Kier alpha value is -3.61. The first-order valence-corrected chi connectivity index (χ1v) is 8.99. The molecule has 28 heavy (non-hydrogen) atoms. The second-order valence-electron chi connectivity index (χ2n) is 6.96. The molecule has 4 rings (SSSR count). The van der Waals surface area contributed by atoms with Gasteiger partial charge in [0.1, 0.15) is 18.1 Å². The monoisotopic (exact) mass is 375 g/mol. The van der Waals surface area contributed by atoms with Gasteiger partial charge in [0.05, 0.1) is 5.57 Å². The number of anilines is 2. The minimum atomic E-state index is -0.503. The Bertz CT molecular complexity index is 1100. The minimum Gasteiger partial charge on any atom is -0.508 e. The van der Waals surface area contributed by atoms with Crippen LogP contribution in [-0.4, -0.2) is 25.8 Å². The second kappa shape index (κ2) is 6.84. The zero-order valence-electron chi connectivity index (χ0n) is 15.9. The molecule has 0 radical (unpaired) electrons. The van der Waals surface area contributed by atoms with E-state index in [2.05, 4.69) is 20.7 Å². The molecular formula is C21H21N5O2. The maximum atomic E-state index is 13.3. The number of hydrogen-bond acceptors (Lipinski definition) is 5. The van der Waals surface area contributed by atoms with Crippen molar-refractivity contribution in [1.29, 1.82) is 0 Å². The third-order valence-corrected chi connectivity index (χ3v) is 4.86. The van der Waals surface area contributed by atoms with Crippen molar-refractivity contribution in [3.05, 3.63) is 76.8 Å². The molecule has 1 aliphatic rings. The van der Waals surface area contributed by atoms with Crippen molar-refractivity contribution in [2.24, 2.45) is 0 Å². The molecule has 2 heterocycles. The molecule has 1 aromatic heterocycles. The number of carbonyl (C=O) groups excluding carboxylic acids is 1. The molecule has 1 aliphatic heterocycles. The molecule has 1 amide bonds. The summed E-state index contributed by atoms with van der Waals surface area (Å²) in [6.07, 6.45) is 1.44. The predicted molar refractivity (Wildman–Crippen MR) is 107 cm³/mol. The van der Waals surface area contributed by atoms with E-state index in [9.17, 15) is 9.90 Å². The summed E-state index contributed by atoms with van der Waals surface area (Å²) in [5, 5.41) is 20.4. The quantitative estimate of drug-likeness (QED) is 0.651. The van der Waals surface area contributed by atoms with E-state index in [4.69, 9.17) is 0 Å². The van der Waals surface area contributed by atoms with Gasteiger partial charge in [-0.3, -0.25) is 4.79 Å². The first-order chi connectivity index (χ1) is 13.4. The van der Waals surface area contributed by atoms with Gasteiger partial charge in [0, 0.05) is 11.4 Å². The lowest BCUT2D eigenvalue weighted by atomic mass is 9.94. The van der Waals surface area contributed by atoms with E-state index in [0.717, 1.165) is 22.4 Å². The van der Waals surface area contributed by atoms with E-state index < -0.39 is 6.04 Å². The molecule has 0 saturated carbocycles. The average Bonchev–Trinajstić information content (AvgIpc) is 3.10. The highest BCUT2D eigenvalue weighted by Gasteiger charge is 2.33. The van der Waals surface area contributed by atoms with Crippen LogP contribution in [-0.2, 0) is 4.79 Å². The molecule has 0 aliphatic carbocycles. The van der Waals surface area contributed by atoms with Gasteiger partial charge in [-0.1, -0.05) is 29.8 Å². The van der Waals surface area contributed by atoms with Gasteiger partial charge in [-0.25, -0.2) is 4.68 Å². The number of amides is 1. The van der Waals surface area contributed by atoms with E-state index in [-0.39, 0.29) is 11.7 Å². The number of hydrogen-bond donors (Lipinski definition) is 3. The van der Waals surface area contributed by atoms with Crippen LogP contribution in [0.3, 0.4) is 0 Å². The van der Waals surface area contributed by atoms with Gasteiger partial charge in [-0.2, -0.15) is 10.1 Å². The van der Waals surface area contributed by atoms with Crippen LogP contribution in [0.25, 0.3) is 0 Å². The molecule has 0 spiro atoms. The summed E-state index contributed by atoms with van der Waals surface area (Å²) in [6.45, 7) is 5.82. The number of allylic oxidation sites excluding steroid dienone is 1. The number of aryl methyl sites for hydroxylation is 2. The summed E-state index contributed by atoms with van der Waals surface area (Å²) in [4.78, 5) is 17.5. The van der Waals surface area contributed by atoms with E-state index in [1.807, 2.05) is 45.0 Å². The Morgan fingerprint density at radius 1 is 1.18 bits per heavy atom. The number of nitrogens with one attached hydrogen (secondary N) is 2.